The van der Waals surface area contributed by atoms with E-state index in [9.17, 15) is 0 Å². The molecule has 342 valence electrons. The fourth-order valence-corrected chi connectivity index (χ4v) is 11.6. The van der Waals surface area contributed by atoms with E-state index in [4.69, 9.17) is 4.42 Å². The molecule has 12 aromatic rings. The summed E-state index contributed by atoms with van der Waals surface area (Å²) in [6.45, 7) is 0. The maximum atomic E-state index is 6.26. The molecule has 4 heteroatoms. The van der Waals surface area contributed by atoms with Crippen molar-refractivity contribution in [3.63, 3.8) is 0 Å². The summed E-state index contributed by atoms with van der Waals surface area (Å²) in [6, 6.07) is 81.4. The Bertz CT molecular complexity index is 4210. The molecule has 2 aliphatic rings. The number of benzene rings is 10. The summed E-state index contributed by atoms with van der Waals surface area (Å²) in [7, 11) is 0. The molecule has 0 atom stereocenters. The van der Waals surface area contributed by atoms with Crippen molar-refractivity contribution in [1.82, 2.24) is 4.57 Å². The molecule has 72 heavy (non-hydrogen) atoms. The van der Waals surface area contributed by atoms with E-state index in [2.05, 4.69) is 257 Å². The van der Waals surface area contributed by atoms with Gasteiger partial charge >= 0.3 is 0 Å². The first kappa shape index (κ1) is 41.8. The number of aromatic nitrogens is 1. The highest BCUT2D eigenvalue weighted by Crippen LogP contribution is 2.45. The molecule has 0 spiro atoms. The van der Waals surface area contributed by atoms with Gasteiger partial charge in [-0.25, -0.2) is 0 Å². The predicted octanol–water partition coefficient (Wildman–Crippen LogP) is 19.0. The maximum Gasteiger partial charge on any atom is 0.135 e. The summed E-state index contributed by atoms with van der Waals surface area (Å²) < 4.78 is 8.65. The van der Waals surface area contributed by atoms with Crippen molar-refractivity contribution in [2.75, 3.05) is 9.80 Å². The number of allylic oxidation sites excluding steroid dienone is 8. The quantitative estimate of drug-likeness (QED) is 0.144. The first-order valence-corrected chi connectivity index (χ1v) is 25.2. The van der Waals surface area contributed by atoms with Gasteiger partial charge in [-0.2, -0.15) is 0 Å². The van der Waals surface area contributed by atoms with Crippen molar-refractivity contribution < 1.29 is 4.42 Å². The minimum Gasteiger partial charge on any atom is -0.456 e. The Labute approximate surface area is 418 Å². The molecule has 0 saturated carbocycles. The SMILES string of the molecule is C1=C(C2=CC=C(N(c3ccc4oc5ccccc5c4c3)c3cccc4ccccc34)CC2)CCC(c2ccc(N(c3ccc4c(c3)c3ccccc3n4-c3ccccc3)c3cccc4ccccc34)cc2)=C1. The van der Waals surface area contributed by atoms with Crippen LogP contribution in [-0.2, 0) is 0 Å². The lowest BCUT2D eigenvalue weighted by Crippen LogP contribution is -2.18. The summed E-state index contributed by atoms with van der Waals surface area (Å²) in [5.41, 5.74) is 17.9. The van der Waals surface area contributed by atoms with Gasteiger partial charge in [-0.05, 0) is 150 Å². The van der Waals surface area contributed by atoms with Crippen LogP contribution in [0.15, 0.2) is 270 Å². The van der Waals surface area contributed by atoms with Gasteiger partial charge in [-0.1, -0.05) is 158 Å². The molecule has 4 nitrogen and oxygen atoms in total. The molecular weight excluding hydrogens is 875 g/mol. The maximum absolute atomic E-state index is 6.26. The van der Waals surface area contributed by atoms with Gasteiger partial charge in [0.15, 0.2) is 0 Å². The summed E-state index contributed by atoms with van der Waals surface area (Å²) >= 11 is 0. The highest BCUT2D eigenvalue weighted by Gasteiger charge is 2.24. The molecule has 0 amide bonds. The van der Waals surface area contributed by atoms with Crippen LogP contribution in [0.5, 0.6) is 0 Å². The van der Waals surface area contributed by atoms with E-state index >= 15 is 0 Å². The van der Waals surface area contributed by atoms with E-state index in [1.165, 1.54) is 77.0 Å². The van der Waals surface area contributed by atoms with Crippen LogP contribution in [-0.4, -0.2) is 4.57 Å². The Morgan fingerprint density at radius 2 is 0.861 bits per heavy atom. The average molecular weight is 924 g/mol. The van der Waals surface area contributed by atoms with E-state index < -0.39 is 0 Å². The van der Waals surface area contributed by atoms with Crippen LogP contribution >= 0.6 is 0 Å². The fraction of sp³-hybridized carbons (Fsp3) is 0.0588. The lowest BCUT2D eigenvalue weighted by atomic mass is 9.86. The Balaban J connectivity index is 0.794. The zero-order valence-electron chi connectivity index (χ0n) is 39.7. The largest absolute Gasteiger partial charge is 0.456 e. The zero-order valence-corrected chi connectivity index (χ0v) is 39.7. The number of para-hydroxylation sites is 3. The van der Waals surface area contributed by atoms with Crippen molar-refractivity contribution in [3.05, 3.63) is 271 Å². The smallest absolute Gasteiger partial charge is 0.135 e. The number of hydrogen-bond acceptors (Lipinski definition) is 3. The third-order valence-corrected chi connectivity index (χ3v) is 15.0. The van der Waals surface area contributed by atoms with Gasteiger partial charge in [-0.3, -0.25) is 0 Å². The van der Waals surface area contributed by atoms with Gasteiger partial charge < -0.3 is 18.8 Å². The minimum absolute atomic E-state index is 0.908. The van der Waals surface area contributed by atoms with Gasteiger partial charge in [0.1, 0.15) is 11.2 Å². The second kappa shape index (κ2) is 17.4. The molecule has 2 heterocycles. The standard InChI is InChI=1S/C68H49N3O/c1-2-18-52(19-3-1)71-65-24-10-8-22-59(65)61-44-55(40-42-66(61)71)69(63-25-12-16-50-14-4-6-20-57(50)63)53-36-32-48(33-37-53)46-28-30-47(31-29-46)49-34-38-54(39-35-49)70(64-26-13-17-51-15-5-7-21-58(51)64)56-41-43-68-62(45-56)60-23-9-11-27-67(60)72-68/h1-28,30,32-34,36-38,40-45H,29,31,35,39H2. The van der Waals surface area contributed by atoms with Crippen LogP contribution in [0.4, 0.5) is 28.4 Å². The van der Waals surface area contributed by atoms with Crippen molar-refractivity contribution in [2.24, 2.45) is 0 Å². The number of nitrogens with zero attached hydrogens (tertiary/aromatic N) is 3. The van der Waals surface area contributed by atoms with Gasteiger partial charge in [0, 0.05) is 60.8 Å². The van der Waals surface area contributed by atoms with Gasteiger partial charge in [-0.15, -0.1) is 0 Å². The van der Waals surface area contributed by atoms with Gasteiger partial charge in [0.05, 0.1) is 22.4 Å². The third kappa shape index (κ3) is 7.14. The Morgan fingerprint density at radius 1 is 0.333 bits per heavy atom. The van der Waals surface area contributed by atoms with Crippen molar-refractivity contribution in [1.29, 1.82) is 0 Å². The van der Waals surface area contributed by atoms with Crippen molar-refractivity contribution in [3.8, 4) is 5.69 Å². The zero-order chi connectivity index (χ0) is 47.5. The predicted molar refractivity (Wildman–Crippen MR) is 303 cm³/mol. The van der Waals surface area contributed by atoms with Crippen LogP contribution < -0.4 is 9.80 Å². The molecule has 2 aromatic heterocycles. The van der Waals surface area contributed by atoms with Gasteiger partial charge in [0.2, 0.25) is 0 Å². The second-order valence-electron chi connectivity index (χ2n) is 19.1. The van der Waals surface area contributed by atoms with Crippen LogP contribution in [0.1, 0.15) is 31.2 Å². The minimum atomic E-state index is 0.908. The van der Waals surface area contributed by atoms with Crippen LogP contribution in [0.25, 0.3) is 76.5 Å². The number of rotatable bonds is 9. The highest BCUT2D eigenvalue weighted by atomic mass is 16.3. The molecule has 0 fully saturated rings. The third-order valence-electron chi connectivity index (χ3n) is 15.0. The van der Waals surface area contributed by atoms with Crippen LogP contribution in [0.2, 0.25) is 0 Å². The molecule has 0 bridgehead atoms. The van der Waals surface area contributed by atoms with E-state index in [-0.39, 0.29) is 0 Å². The molecule has 0 N–H and O–H groups in total. The van der Waals surface area contributed by atoms with Crippen LogP contribution in [0.3, 0.4) is 0 Å². The molecule has 0 radical (unpaired) electrons. The molecular formula is C68H49N3O. The summed E-state index contributed by atoms with van der Waals surface area (Å²) in [6.07, 6.45) is 13.4. The number of fused-ring (bicyclic) bond motifs is 8. The Hall–Kier alpha value is -9.12. The second-order valence-corrected chi connectivity index (χ2v) is 19.1. The monoisotopic (exact) mass is 923 g/mol. The van der Waals surface area contributed by atoms with E-state index in [0.29, 0.717) is 0 Å². The summed E-state index contributed by atoms with van der Waals surface area (Å²) in [4.78, 5) is 4.90. The Morgan fingerprint density at radius 3 is 1.58 bits per heavy atom. The Kier molecular flexibility index (Phi) is 10.1. The average Bonchev–Trinajstić information content (AvgIpc) is 3.99. The lowest BCUT2D eigenvalue weighted by molar-refractivity contribution is 0.669. The first-order valence-electron chi connectivity index (χ1n) is 25.2. The molecule has 0 aliphatic heterocycles. The van der Waals surface area contributed by atoms with Crippen LogP contribution in [0, 0.1) is 0 Å². The van der Waals surface area contributed by atoms with E-state index in [1.807, 2.05) is 6.07 Å². The fourth-order valence-electron chi connectivity index (χ4n) is 11.6. The summed E-state index contributed by atoms with van der Waals surface area (Å²) in [5.74, 6) is 0. The van der Waals surface area contributed by atoms with E-state index in [0.717, 1.165) is 76.1 Å². The molecule has 2 aliphatic carbocycles. The first-order chi connectivity index (χ1) is 35.7. The number of hydrogen-bond donors (Lipinski definition) is 0. The van der Waals surface area contributed by atoms with Crippen molar-refractivity contribution >= 4 is 99.3 Å². The highest BCUT2D eigenvalue weighted by molar-refractivity contribution is 6.11. The topological polar surface area (TPSA) is 24.6 Å². The lowest BCUT2D eigenvalue weighted by Gasteiger charge is -2.31. The number of furan rings is 1. The number of anilines is 5. The normalized spacial score (nSPS) is 13.9. The molecule has 0 unspecified atom stereocenters. The molecule has 10 aromatic carbocycles. The molecule has 0 saturated heterocycles. The van der Waals surface area contributed by atoms with Gasteiger partial charge in [0.25, 0.3) is 0 Å². The molecule has 14 rings (SSSR count). The summed E-state index contributed by atoms with van der Waals surface area (Å²) in [5, 5.41) is 9.64. The van der Waals surface area contributed by atoms with Crippen molar-refractivity contribution in [2.45, 2.75) is 25.7 Å². The van der Waals surface area contributed by atoms with E-state index in [1.54, 1.807) is 0 Å².